The van der Waals surface area contributed by atoms with E-state index in [-0.39, 0.29) is 30.4 Å². The Morgan fingerprint density at radius 1 is 1.24 bits per heavy atom. The smallest absolute Gasteiger partial charge is 0.227 e. The number of carbonyl (C=O) groups is 1. The Hall–Kier alpha value is -1.82. The van der Waals surface area contributed by atoms with Crippen LogP contribution in [0.25, 0.3) is 0 Å². The van der Waals surface area contributed by atoms with E-state index in [0.29, 0.717) is 34.3 Å². The van der Waals surface area contributed by atoms with Gasteiger partial charge >= 0.3 is 0 Å². The normalized spacial score (nSPS) is 13.2. The number of nitrogens with one attached hydrogen (secondary N) is 2. The summed E-state index contributed by atoms with van der Waals surface area (Å²) in [6.45, 7) is 1.54. The first-order valence-electron chi connectivity index (χ1n) is 7.93. The second-order valence-corrected chi connectivity index (χ2v) is 6.53. The fraction of sp³-hybridized carbons (Fsp3) is 0.278. The number of rotatable bonds is 5. The Bertz CT molecular complexity index is 799. The Labute approximate surface area is 155 Å². The van der Waals surface area contributed by atoms with Crippen LogP contribution in [0.2, 0.25) is 10.0 Å². The minimum Gasteiger partial charge on any atom is -0.493 e. The lowest BCUT2D eigenvalue weighted by molar-refractivity contribution is -0.116. The van der Waals surface area contributed by atoms with Crippen molar-refractivity contribution in [1.82, 2.24) is 5.32 Å². The lowest BCUT2D eigenvalue weighted by atomic mass is 9.99. The maximum Gasteiger partial charge on any atom is 0.227 e. The highest BCUT2D eigenvalue weighted by molar-refractivity contribution is 6.42. The van der Waals surface area contributed by atoms with Gasteiger partial charge in [-0.3, -0.25) is 4.79 Å². The summed E-state index contributed by atoms with van der Waals surface area (Å²) in [6.07, 6.45) is 0.712. The van der Waals surface area contributed by atoms with E-state index < -0.39 is 0 Å². The van der Waals surface area contributed by atoms with E-state index >= 15 is 0 Å². The van der Waals surface area contributed by atoms with Gasteiger partial charge in [0.1, 0.15) is 11.6 Å². The van der Waals surface area contributed by atoms with Crippen LogP contribution in [0.5, 0.6) is 5.75 Å². The molecule has 2 N–H and O–H groups in total. The number of amides is 1. The highest BCUT2D eigenvalue weighted by atomic mass is 35.5. The molecule has 0 aliphatic carbocycles. The van der Waals surface area contributed by atoms with Crippen molar-refractivity contribution in [3.8, 4) is 5.75 Å². The fourth-order valence-corrected chi connectivity index (χ4v) is 2.96. The Balaban J connectivity index is 1.55. The minimum absolute atomic E-state index is 0.0956. The summed E-state index contributed by atoms with van der Waals surface area (Å²) >= 11 is 11.7. The first-order valence-corrected chi connectivity index (χ1v) is 8.69. The highest BCUT2D eigenvalue weighted by Gasteiger charge is 2.17. The molecule has 3 rings (SSSR count). The van der Waals surface area contributed by atoms with Crippen molar-refractivity contribution in [1.29, 1.82) is 0 Å². The zero-order chi connectivity index (χ0) is 17.8. The highest BCUT2D eigenvalue weighted by Crippen LogP contribution is 2.27. The molecule has 0 aromatic heterocycles. The molecule has 0 saturated heterocycles. The van der Waals surface area contributed by atoms with Gasteiger partial charge in [0.15, 0.2) is 0 Å². The van der Waals surface area contributed by atoms with Crippen LogP contribution in [0.4, 0.5) is 10.1 Å². The van der Waals surface area contributed by atoms with Gasteiger partial charge in [-0.05, 0) is 42.3 Å². The summed E-state index contributed by atoms with van der Waals surface area (Å²) < 4.78 is 19.9. The molecule has 0 saturated carbocycles. The van der Waals surface area contributed by atoms with Crippen molar-refractivity contribution in [3.63, 3.8) is 0 Å². The van der Waals surface area contributed by atoms with Crippen LogP contribution in [0, 0.1) is 5.82 Å². The van der Waals surface area contributed by atoms with Crippen LogP contribution in [-0.2, 0) is 17.8 Å². The van der Waals surface area contributed by atoms with Crippen molar-refractivity contribution >= 4 is 34.8 Å². The summed E-state index contributed by atoms with van der Waals surface area (Å²) in [5.74, 6) is -0.139. The molecule has 0 atom stereocenters. The van der Waals surface area contributed by atoms with Crippen LogP contribution in [0.1, 0.15) is 17.5 Å². The van der Waals surface area contributed by atoms with Gasteiger partial charge in [-0.15, -0.1) is 0 Å². The van der Waals surface area contributed by atoms with Crippen molar-refractivity contribution in [2.45, 2.75) is 19.4 Å². The maximum absolute atomic E-state index is 14.5. The van der Waals surface area contributed by atoms with Gasteiger partial charge in [0, 0.05) is 12.6 Å². The van der Waals surface area contributed by atoms with Crippen molar-refractivity contribution in [2.24, 2.45) is 0 Å². The lowest BCUT2D eigenvalue weighted by Crippen LogP contribution is -2.25. The molecule has 7 heteroatoms. The summed E-state index contributed by atoms with van der Waals surface area (Å²) in [7, 11) is 0. The summed E-state index contributed by atoms with van der Waals surface area (Å²) in [4.78, 5) is 12.0. The second kappa shape index (κ2) is 8.04. The molecular formula is C18H17Cl2FN2O2. The lowest BCUT2D eigenvalue weighted by Gasteiger charge is -2.19. The Kier molecular flexibility index (Phi) is 5.78. The van der Waals surface area contributed by atoms with Crippen LogP contribution >= 0.6 is 23.2 Å². The Morgan fingerprint density at radius 3 is 2.88 bits per heavy atom. The molecular weight excluding hydrogens is 366 g/mol. The quantitative estimate of drug-likeness (QED) is 0.814. The van der Waals surface area contributed by atoms with Crippen LogP contribution in [-0.4, -0.2) is 19.1 Å². The van der Waals surface area contributed by atoms with E-state index in [9.17, 15) is 9.18 Å². The van der Waals surface area contributed by atoms with E-state index in [2.05, 4.69) is 10.6 Å². The molecule has 0 bridgehead atoms. The van der Waals surface area contributed by atoms with E-state index in [0.717, 1.165) is 12.1 Å². The van der Waals surface area contributed by atoms with Crippen molar-refractivity contribution in [3.05, 3.63) is 57.3 Å². The topological polar surface area (TPSA) is 50.4 Å². The number of anilines is 1. The number of hydrogen-bond acceptors (Lipinski definition) is 3. The zero-order valence-electron chi connectivity index (χ0n) is 13.4. The number of carbonyl (C=O) groups excluding carboxylic acids is 1. The van der Waals surface area contributed by atoms with Crippen LogP contribution in [0.3, 0.4) is 0 Å². The predicted molar refractivity (Wildman–Crippen MR) is 97.0 cm³/mol. The van der Waals surface area contributed by atoms with E-state index in [1.807, 2.05) is 6.07 Å². The predicted octanol–water partition coefficient (Wildman–Crippen LogP) is 4.19. The molecule has 132 valence electrons. The Morgan fingerprint density at radius 2 is 2.08 bits per heavy atom. The van der Waals surface area contributed by atoms with Gasteiger partial charge in [0.25, 0.3) is 0 Å². The van der Waals surface area contributed by atoms with E-state index in [1.165, 1.54) is 0 Å². The number of halogens is 3. The molecule has 0 fully saturated rings. The third kappa shape index (κ3) is 4.42. The van der Waals surface area contributed by atoms with E-state index in [4.69, 9.17) is 27.9 Å². The molecule has 0 unspecified atom stereocenters. The fourth-order valence-electron chi connectivity index (χ4n) is 2.67. The number of fused-ring (bicyclic) bond motifs is 1. The first kappa shape index (κ1) is 18.0. The largest absolute Gasteiger partial charge is 0.493 e. The number of hydrogen-bond donors (Lipinski definition) is 2. The molecule has 0 spiro atoms. The molecule has 4 nitrogen and oxygen atoms in total. The van der Waals surface area contributed by atoms with E-state index in [1.54, 1.807) is 24.3 Å². The average Bonchev–Trinajstić information content (AvgIpc) is 2.61. The molecule has 1 heterocycles. The number of ether oxygens (including phenoxy) is 1. The third-order valence-electron chi connectivity index (χ3n) is 3.97. The molecule has 25 heavy (non-hydrogen) atoms. The van der Waals surface area contributed by atoms with Crippen molar-refractivity contribution < 1.29 is 13.9 Å². The molecule has 2 aromatic rings. The molecule has 1 amide bonds. The van der Waals surface area contributed by atoms with Gasteiger partial charge in [0.05, 0.1) is 28.8 Å². The first-order chi connectivity index (χ1) is 12.0. The third-order valence-corrected chi connectivity index (χ3v) is 4.71. The van der Waals surface area contributed by atoms with Gasteiger partial charge < -0.3 is 15.4 Å². The maximum atomic E-state index is 14.5. The zero-order valence-corrected chi connectivity index (χ0v) is 14.9. The van der Waals surface area contributed by atoms with Gasteiger partial charge in [-0.2, -0.15) is 0 Å². The monoisotopic (exact) mass is 382 g/mol. The summed E-state index contributed by atoms with van der Waals surface area (Å²) in [5.41, 5.74) is 1.81. The minimum atomic E-state index is -0.349. The average molecular weight is 383 g/mol. The molecule has 0 radical (unpaired) electrons. The second-order valence-electron chi connectivity index (χ2n) is 5.71. The van der Waals surface area contributed by atoms with Gasteiger partial charge in [0.2, 0.25) is 5.91 Å². The summed E-state index contributed by atoms with van der Waals surface area (Å²) in [6, 6.07) is 8.31. The SMILES string of the molecule is O=C(CCOc1ccc(Cl)c(Cl)c1)Nc1ccc2c(c1F)CCNC2. The number of benzene rings is 2. The van der Waals surface area contributed by atoms with Crippen molar-refractivity contribution in [2.75, 3.05) is 18.5 Å². The van der Waals surface area contributed by atoms with Crippen LogP contribution < -0.4 is 15.4 Å². The molecule has 1 aliphatic rings. The standard InChI is InChI=1S/C18H17Cl2FN2O2/c19-14-3-2-12(9-15(14)20)25-8-6-17(24)23-16-4-1-11-10-22-7-5-13(11)18(16)21/h1-4,9,22H,5-8,10H2,(H,23,24). The molecule has 2 aromatic carbocycles. The van der Waals surface area contributed by atoms with Gasteiger partial charge in [-0.25, -0.2) is 4.39 Å². The molecule has 1 aliphatic heterocycles. The van der Waals surface area contributed by atoms with Gasteiger partial charge in [-0.1, -0.05) is 29.3 Å². The summed E-state index contributed by atoms with van der Waals surface area (Å²) in [5, 5.41) is 6.62. The van der Waals surface area contributed by atoms with Crippen LogP contribution in [0.15, 0.2) is 30.3 Å².